The molecule has 0 radical (unpaired) electrons. The van der Waals surface area contributed by atoms with Crippen molar-refractivity contribution in [2.24, 2.45) is 5.73 Å². The summed E-state index contributed by atoms with van der Waals surface area (Å²) >= 11 is 0. The first kappa shape index (κ1) is 27.7. The Balaban J connectivity index is 1.33. The Hall–Kier alpha value is -3.86. The monoisotopic (exact) mass is 546 g/mol. The minimum Gasteiger partial charge on any atom is -0.497 e. The molecule has 0 aliphatic carbocycles. The smallest absolute Gasteiger partial charge is 0.319 e. The number of nitrogens with one attached hydrogen (secondary N) is 2. The number of urea groups is 1. The Morgan fingerprint density at radius 3 is 2.70 bits per heavy atom. The molecule has 5 rings (SSSR count). The second-order valence-corrected chi connectivity index (χ2v) is 10.3. The number of nitrogens with zero attached hydrogens (tertiary/aromatic N) is 3. The van der Waals surface area contributed by atoms with Crippen LogP contribution in [0, 0.1) is 0 Å². The van der Waals surface area contributed by atoms with Crippen LogP contribution in [0.15, 0.2) is 48.4 Å². The topological polar surface area (TPSA) is 114 Å². The van der Waals surface area contributed by atoms with Crippen molar-refractivity contribution < 1.29 is 19.1 Å². The highest BCUT2D eigenvalue weighted by Gasteiger charge is 2.28. The molecule has 2 aliphatic heterocycles. The number of carbonyl (C=O) groups is 2. The highest BCUT2D eigenvalue weighted by Crippen LogP contribution is 2.35. The predicted octanol–water partition coefficient (Wildman–Crippen LogP) is 3.37. The molecule has 1 saturated heterocycles. The first-order valence-electron chi connectivity index (χ1n) is 13.9. The number of nitrogens with two attached hydrogens (primary N) is 1. The number of allylic oxidation sites excluding steroid dienone is 1. The van der Waals surface area contributed by atoms with E-state index in [0.717, 1.165) is 74.3 Å². The highest BCUT2D eigenvalue weighted by molar-refractivity contribution is 6.15. The van der Waals surface area contributed by atoms with Gasteiger partial charge in [-0.1, -0.05) is 0 Å². The van der Waals surface area contributed by atoms with E-state index in [1.807, 2.05) is 12.1 Å². The van der Waals surface area contributed by atoms with E-state index in [1.165, 1.54) is 0 Å². The summed E-state index contributed by atoms with van der Waals surface area (Å²) in [5.74, 6) is 1.26. The molecular weight excluding hydrogens is 508 g/mol. The van der Waals surface area contributed by atoms with Crippen LogP contribution in [0.1, 0.15) is 28.8 Å². The number of rotatable bonds is 10. The Morgan fingerprint density at radius 1 is 1.10 bits per heavy atom. The summed E-state index contributed by atoms with van der Waals surface area (Å²) in [6, 6.07) is 10.8. The number of amides is 2. The molecule has 1 fully saturated rings. The van der Waals surface area contributed by atoms with Gasteiger partial charge in [0.1, 0.15) is 11.5 Å². The molecule has 3 heterocycles. The number of benzene rings is 2. The summed E-state index contributed by atoms with van der Waals surface area (Å²) in [7, 11) is 3.81. The standard InChI is InChI=1S/C30H38N6O4/c1-34-11-13-35(14-12-34)15-16-36-20-21(24-19-23(39-2)6-7-26(24)36)17-28-29(37)25-18-22(5-8-27(25)40-28)33-30(38)32-10-4-3-9-31/h5-8,17-20H,3-4,9-16,31H2,1-2H3,(H2,32,33,38). The van der Waals surface area contributed by atoms with Crippen LogP contribution in [0.3, 0.4) is 0 Å². The lowest BCUT2D eigenvalue weighted by molar-refractivity contribution is 0.101. The minimum absolute atomic E-state index is 0.219. The van der Waals surface area contributed by atoms with Crippen LogP contribution in [0.2, 0.25) is 0 Å². The summed E-state index contributed by atoms with van der Waals surface area (Å²) in [5.41, 5.74) is 8.41. The SMILES string of the molecule is COc1ccc2c(c1)c(C=C1Oc3ccc(NC(=O)NCCCCN)cc3C1=O)cn2CCN1CCN(C)CC1. The summed E-state index contributed by atoms with van der Waals surface area (Å²) in [6.45, 7) is 7.22. The molecule has 0 unspecified atom stereocenters. The number of hydrogen-bond donors (Lipinski definition) is 3. The van der Waals surface area contributed by atoms with Crippen LogP contribution in [0.5, 0.6) is 11.5 Å². The Kier molecular flexibility index (Phi) is 8.69. The first-order chi connectivity index (χ1) is 19.4. The Morgan fingerprint density at radius 2 is 1.93 bits per heavy atom. The van der Waals surface area contributed by atoms with Crippen molar-refractivity contribution in [2.45, 2.75) is 19.4 Å². The van der Waals surface area contributed by atoms with Gasteiger partial charge in [-0.3, -0.25) is 9.69 Å². The molecular formula is C30H38N6O4. The van der Waals surface area contributed by atoms with E-state index in [9.17, 15) is 9.59 Å². The molecule has 0 bridgehead atoms. The maximum Gasteiger partial charge on any atom is 0.319 e. The second-order valence-electron chi connectivity index (χ2n) is 10.3. The number of piperazine rings is 1. The van der Waals surface area contributed by atoms with Gasteiger partial charge < -0.3 is 35.3 Å². The van der Waals surface area contributed by atoms with Crippen LogP contribution >= 0.6 is 0 Å². The van der Waals surface area contributed by atoms with Crippen molar-refractivity contribution in [1.82, 2.24) is 19.7 Å². The normalized spacial score (nSPS) is 16.8. The van der Waals surface area contributed by atoms with Crippen LogP contribution in [-0.2, 0) is 6.54 Å². The molecule has 2 aliphatic rings. The van der Waals surface area contributed by atoms with Gasteiger partial charge in [0.05, 0.1) is 12.7 Å². The number of aromatic nitrogens is 1. The number of unbranched alkanes of at least 4 members (excludes halogenated alkanes) is 1. The molecule has 0 atom stereocenters. The van der Waals surface area contributed by atoms with Crippen LogP contribution in [0.4, 0.5) is 10.5 Å². The third kappa shape index (κ3) is 6.30. The Bertz CT molecular complexity index is 1410. The largest absolute Gasteiger partial charge is 0.497 e. The molecule has 2 aromatic carbocycles. The van der Waals surface area contributed by atoms with E-state index in [4.69, 9.17) is 15.2 Å². The van der Waals surface area contributed by atoms with Crippen molar-refractivity contribution in [3.63, 3.8) is 0 Å². The number of methoxy groups -OCH3 is 1. The molecule has 0 spiro atoms. The van der Waals surface area contributed by atoms with Gasteiger partial charge in [0.15, 0.2) is 5.76 Å². The van der Waals surface area contributed by atoms with Gasteiger partial charge in [0.2, 0.25) is 5.78 Å². The predicted molar refractivity (Wildman–Crippen MR) is 157 cm³/mol. The molecule has 10 nitrogen and oxygen atoms in total. The molecule has 4 N–H and O–H groups in total. The van der Waals surface area contributed by atoms with E-state index in [-0.39, 0.29) is 17.6 Å². The van der Waals surface area contributed by atoms with Crippen molar-refractivity contribution in [1.29, 1.82) is 0 Å². The number of ketones is 1. The highest BCUT2D eigenvalue weighted by atomic mass is 16.5. The first-order valence-corrected chi connectivity index (χ1v) is 13.9. The number of anilines is 1. The number of hydrogen-bond acceptors (Lipinski definition) is 7. The van der Waals surface area contributed by atoms with Crippen molar-refractivity contribution >= 4 is 34.5 Å². The number of ether oxygens (including phenoxy) is 2. The van der Waals surface area contributed by atoms with E-state index < -0.39 is 0 Å². The molecule has 0 saturated carbocycles. The summed E-state index contributed by atoms with van der Waals surface area (Å²) < 4.78 is 13.7. The van der Waals surface area contributed by atoms with E-state index in [0.29, 0.717) is 30.1 Å². The third-order valence-corrected chi connectivity index (χ3v) is 7.50. The molecule has 212 valence electrons. The minimum atomic E-state index is -0.322. The van der Waals surface area contributed by atoms with Crippen molar-refractivity contribution in [3.05, 3.63) is 59.5 Å². The zero-order valence-electron chi connectivity index (χ0n) is 23.2. The van der Waals surface area contributed by atoms with Gasteiger partial charge in [0, 0.05) is 74.2 Å². The van der Waals surface area contributed by atoms with Gasteiger partial charge >= 0.3 is 6.03 Å². The maximum absolute atomic E-state index is 13.3. The van der Waals surface area contributed by atoms with Gasteiger partial charge in [-0.25, -0.2) is 4.79 Å². The van der Waals surface area contributed by atoms with Gasteiger partial charge in [-0.2, -0.15) is 0 Å². The van der Waals surface area contributed by atoms with Crippen molar-refractivity contribution in [2.75, 3.05) is 65.3 Å². The fourth-order valence-corrected chi connectivity index (χ4v) is 5.11. The van der Waals surface area contributed by atoms with Crippen LogP contribution < -0.4 is 25.8 Å². The third-order valence-electron chi connectivity index (χ3n) is 7.50. The number of Topliss-reactive ketones (excluding diaryl/α,β-unsaturated/α-hetero) is 1. The molecule has 1 aromatic heterocycles. The van der Waals surface area contributed by atoms with Gasteiger partial charge in [-0.15, -0.1) is 0 Å². The summed E-state index contributed by atoms with van der Waals surface area (Å²) in [5, 5.41) is 6.57. The number of likely N-dealkylation sites (N-methyl/N-ethyl adjacent to an activating group) is 1. The molecule has 2 amide bonds. The second kappa shape index (κ2) is 12.5. The fraction of sp³-hybridized carbons (Fsp3) is 0.400. The Labute approximate surface area is 234 Å². The lowest BCUT2D eigenvalue weighted by Crippen LogP contribution is -2.45. The zero-order chi connectivity index (χ0) is 28.1. The van der Waals surface area contributed by atoms with E-state index in [1.54, 1.807) is 31.4 Å². The van der Waals surface area contributed by atoms with Gasteiger partial charge in [-0.05, 0) is 68.9 Å². The quantitative estimate of drug-likeness (QED) is 0.264. The van der Waals surface area contributed by atoms with E-state index in [2.05, 4.69) is 44.3 Å². The van der Waals surface area contributed by atoms with Gasteiger partial charge in [0.25, 0.3) is 0 Å². The van der Waals surface area contributed by atoms with Crippen molar-refractivity contribution in [3.8, 4) is 11.5 Å². The lowest BCUT2D eigenvalue weighted by Gasteiger charge is -2.32. The maximum atomic E-state index is 13.3. The fourth-order valence-electron chi connectivity index (χ4n) is 5.11. The van der Waals surface area contributed by atoms with E-state index >= 15 is 0 Å². The molecule has 10 heteroatoms. The van der Waals surface area contributed by atoms with Crippen LogP contribution in [0.25, 0.3) is 17.0 Å². The molecule has 40 heavy (non-hydrogen) atoms. The summed E-state index contributed by atoms with van der Waals surface area (Å²) in [6.07, 6.45) is 5.54. The lowest BCUT2D eigenvalue weighted by atomic mass is 10.1. The number of fused-ring (bicyclic) bond motifs is 2. The molecule has 3 aromatic rings. The van der Waals surface area contributed by atoms with Crippen LogP contribution in [-0.4, -0.2) is 86.2 Å². The summed E-state index contributed by atoms with van der Waals surface area (Å²) in [4.78, 5) is 30.4. The average Bonchev–Trinajstić information content (AvgIpc) is 3.47. The average molecular weight is 547 g/mol. The zero-order valence-corrected chi connectivity index (χ0v) is 23.2. The number of carbonyl (C=O) groups excluding carboxylic acids is 2.